The SMILES string of the molecule is COc1cc(=O)n2c(c1C(=O)N1CCc3ccccc3C1)CCN(C1CCSC1)CC2. The van der Waals surface area contributed by atoms with Gasteiger partial charge in [0.1, 0.15) is 11.3 Å². The van der Waals surface area contributed by atoms with E-state index in [0.717, 1.165) is 31.0 Å². The minimum absolute atomic E-state index is 0.0278. The van der Waals surface area contributed by atoms with Crippen molar-refractivity contribution in [3.05, 3.63) is 63.1 Å². The second kappa shape index (κ2) is 8.71. The average Bonchev–Trinajstić information content (AvgIpc) is 3.24. The quantitative estimate of drug-likeness (QED) is 0.735. The van der Waals surface area contributed by atoms with E-state index >= 15 is 0 Å². The Balaban J connectivity index is 1.48. The Hall–Kier alpha value is -2.25. The van der Waals surface area contributed by atoms with Crippen molar-refractivity contribution in [2.24, 2.45) is 0 Å². The Morgan fingerprint density at radius 1 is 1.10 bits per heavy atom. The number of fused-ring (bicyclic) bond motifs is 2. The van der Waals surface area contributed by atoms with Crippen molar-refractivity contribution in [1.82, 2.24) is 14.4 Å². The van der Waals surface area contributed by atoms with Gasteiger partial charge in [-0.3, -0.25) is 14.5 Å². The first-order valence-corrected chi connectivity index (χ1v) is 12.3. The normalized spacial score (nSPS) is 21.3. The molecular formula is C24H29N3O3S. The van der Waals surface area contributed by atoms with Crippen LogP contribution < -0.4 is 10.3 Å². The monoisotopic (exact) mass is 439 g/mol. The molecule has 0 aliphatic carbocycles. The summed E-state index contributed by atoms with van der Waals surface area (Å²) in [5.74, 6) is 2.75. The van der Waals surface area contributed by atoms with Crippen molar-refractivity contribution in [3.63, 3.8) is 0 Å². The molecule has 4 heterocycles. The molecule has 1 unspecified atom stereocenters. The Bertz CT molecular complexity index is 1040. The molecule has 5 rings (SSSR count). The van der Waals surface area contributed by atoms with Gasteiger partial charge in [-0.15, -0.1) is 0 Å². The number of hydrogen-bond acceptors (Lipinski definition) is 5. The summed E-state index contributed by atoms with van der Waals surface area (Å²) in [6.07, 6.45) is 2.75. The number of pyridine rings is 1. The number of amides is 1. The van der Waals surface area contributed by atoms with Crippen LogP contribution in [0.2, 0.25) is 0 Å². The van der Waals surface area contributed by atoms with E-state index in [2.05, 4.69) is 23.1 Å². The third-order valence-corrected chi connectivity index (χ3v) is 8.05. The molecule has 1 saturated heterocycles. The summed E-state index contributed by atoms with van der Waals surface area (Å²) in [6.45, 7) is 3.64. The lowest BCUT2D eigenvalue weighted by atomic mass is 9.98. The van der Waals surface area contributed by atoms with Gasteiger partial charge >= 0.3 is 0 Å². The molecule has 1 aromatic heterocycles. The van der Waals surface area contributed by atoms with E-state index < -0.39 is 0 Å². The first-order chi connectivity index (χ1) is 15.2. The van der Waals surface area contributed by atoms with E-state index in [1.165, 1.54) is 29.4 Å². The van der Waals surface area contributed by atoms with Crippen LogP contribution in [0.5, 0.6) is 5.75 Å². The van der Waals surface area contributed by atoms with Crippen LogP contribution in [0.25, 0.3) is 0 Å². The topological polar surface area (TPSA) is 54.8 Å². The molecule has 0 bridgehead atoms. The molecular weight excluding hydrogens is 410 g/mol. The highest BCUT2D eigenvalue weighted by Crippen LogP contribution is 2.29. The minimum Gasteiger partial charge on any atom is -0.496 e. The molecule has 0 saturated carbocycles. The number of carbonyl (C=O) groups excluding carboxylic acids is 1. The number of aromatic nitrogens is 1. The van der Waals surface area contributed by atoms with Crippen LogP contribution in [0.4, 0.5) is 0 Å². The van der Waals surface area contributed by atoms with Gasteiger partial charge in [0.2, 0.25) is 0 Å². The number of thioether (sulfide) groups is 1. The fourth-order valence-electron chi connectivity index (χ4n) is 5.16. The number of carbonyl (C=O) groups is 1. The standard InChI is InChI=1S/C24H29N3O3S/c1-30-21-14-22(28)27-12-11-25(19-8-13-31-16-19)10-7-20(27)23(21)24(29)26-9-6-17-4-2-3-5-18(17)15-26/h2-5,14,19H,6-13,15-16H2,1H3. The van der Waals surface area contributed by atoms with Crippen molar-refractivity contribution in [3.8, 4) is 5.75 Å². The van der Waals surface area contributed by atoms with E-state index in [4.69, 9.17) is 4.74 Å². The number of ether oxygens (including phenoxy) is 1. The minimum atomic E-state index is -0.0740. The molecule has 31 heavy (non-hydrogen) atoms. The number of nitrogens with zero attached hydrogens (tertiary/aromatic N) is 3. The number of rotatable bonds is 3. The molecule has 1 atom stereocenters. The molecule has 2 aromatic rings. The predicted molar refractivity (Wildman–Crippen MR) is 123 cm³/mol. The lowest BCUT2D eigenvalue weighted by Crippen LogP contribution is -2.38. The molecule has 3 aliphatic rings. The molecule has 0 radical (unpaired) electrons. The van der Waals surface area contributed by atoms with Crippen LogP contribution in [0, 0.1) is 0 Å². The lowest BCUT2D eigenvalue weighted by molar-refractivity contribution is 0.0728. The van der Waals surface area contributed by atoms with Crippen molar-refractivity contribution >= 4 is 17.7 Å². The molecule has 164 valence electrons. The largest absolute Gasteiger partial charge is 0.496 e. The molecule has 7 heteroatoms. The van der Waals surface area contributed by atoms with Crippen LogP contribution in [0.3, 0.4) is 0 Å². The van der Waals surface area contributed by atoms with Gasteiger partial charge in [-0.2, -0.15) is 11.8 Å². The number of benzene rings is 1. The average molecular weight is 440 g/mol. The van der Waals surface area contributed by atoms with E-state index in [1.54, 1.807) is 7.11 Å². The third kappa shape index (κ3) is 3.89. The van der Waals surface area contributed by atoms with Gasteiger partial charge in [-0.05, 0) is 29.7 Å². The fourth-order valence-corrected chi connectivity index (χ4v) is 6.41. The van der Waals surface area contributed by atoms with Gasteiger partial charge in [-0.25, -0.2) is 0 Å². The van der Waals surface area contributed by atoms with Crippen molar-refractivity contribution in [2.75, 3.05) is 38.2 Å². The molecule has 1 amide bonds. The molecule has 1 fully saturated rings. The van der Waals surface area contributed by atoms with Crippen LogP contribution in [-0.2, 0) is 25.9 Å². The summed E-state index contributed by atoms with van der Waals surface area (Å²) in [5, 5.41) is 0. The highest BCUT2D eigenvalue weighted by atomic mass is 32.2. The van der Waals surface area contributed by atoms with Gasteiger partial charge in [0.15, 0.2) is 0 Å². The zero-order chi connectivity index (χ0) is 21.4. The Morgan fingerprint density at radius 2 is 1.94 bits per heavy atom. The number of hydrogen-bond donors (Lipinski definition) is 0. The predicted octanol–water partition coefficient (Wildman–Crippen LogP) is 2.42. The van der Waals surface area contributed by atoms with Crippen molar-refractivity contribution in [1.29, 1.82) is 0 Å². The molecule has 6 nitrogen and oxygen atoms in total. The maximum absolute atomic E-state index is 13.7. The Labute approximate surface area is 187 Å². The maximum atomic E-state index is 13.7. The number of methoxy groups -OCH3 is 1. The van der Waals surface area contributed by atoms with E-state index in [1.807, 2.05) is 27.3 Å². The van der Waals surface area contributed by atoms with E-state index in [0.29, 0.717) is 43.4 Å². The summed E-state index contributed by atoms with van der Waals surface area (Å²) in [6, 6.07) is 10.4. The third-order valence-electron chi connectivity index (χ3n) is 6.90. The molecule has 3 aliphatic heterocycles. The lowest BCUT2D eigenvalue weighted by Gasteiger charge is -2.30. The first kappa shape index (κ1) is 20.6. The zero-order valence-corrected chi connectivity index (χ0v) is 18.8. The molecule has 1 aromatic carbocycles. The van der Waals surface area contributed by atoms with Crippen LogP contribution >= 0.6 is 11.8 Å². The smallest absolute Gasteiger partial charge is 0.259 e. The van der Waals surface area contributed by atoms with Crippen LogP contribution in [-0.4, -0.2) is 64.6 Å². The summed E-state index contributed by atoms with van der Waals surface area (Å²) in [7, 11) is 1.55. The van der Waals surface area contributed by atoms with Gasteiger partial charge in [0, 0.05) is 62.7 Å². The second-order valence-electron chi connectivity index (χ2n) is 8.57. The Morgan fingerprint density at radius 3 is 2.71 bits per heavy atom. The second-order valence-corrected chi connectivity index (χ2v) is 9.72. The highest BCUT2D eigenvalue weighted by Gasteiger charge is 2.31. The van der Waals surface area contributed by atoms with Crippen LogP contribution in [0.15, 0.2) is 35.1 Å². The van der Waals surface area contributed by atoms with E-state index in [9.17, 15) is 9.59 Å². The van der Waals surface area contributed by atoms with Crippen molar-refractivity contribution < 1.29 is 9.53 Å². The fraction of sp³-hybridized carbons (Fsp3) is 0.500. The van der Waals surface area contributed by atoms with Gasteiger partial charge in [-0.1, -0.05) is 24.3 Å². The molecule has 0 N–H and O–H groups in total. The van der Waals surface area contributed by atoms with Gasteiger partial charge in [0.05, 0.1) is 7.11 Å². The Kier molecular flexibility index (Phi) is 5.80. The van der Waals surface area contributed by atoms with Gasteiger partial charge < -0.3 is 14.2 Å². The zero-order valence-electron chi connectivity index (χ0n) is 18.0. The highest BCUT2D eigenvalue weighted by molar-refractivity contribution is 7.99. The van der Waals surface area contributed by atoms with Gasteiger partial charge in [0.25, 0.3) is 11.5 Å². The maximum Gasteiger partial charge on any atom is 0.259 e. The van der Waals surface area contributed by atoms with E-state index in [-0.39, 0.29) is 11.5 Å². The summed E-state index contributed by atoms with van der Waals surface area (Å²) in [4.78, 5) is 31.0. The first-order valence-electron chi connectivity index (χ1n) is 11.1. The summed E-state index contributed by atoms with van der Waals surface area (Å²) in [5.41, 5.74) is 3.84. The summed E-state index contributed by atoms with van der Waals surface area (Å²) >= 11 is 2.01. The summed E-state index contributed by atoms with van der Waals surface area (Å²) < 4.78 is 7.38. The van der Waals surface area contributed by atoms with Crippen LogP contribution in [0.1, 0.15) is 33.6 Å². The molecule has 0 spiro atoms. The van der Waals surface area contributed by atoms with Crippen molar-refractivity contribution in [2.45, 2.75) is 38.4 Å².